The molecule has 0 unspecified atom stereocenters. The number of halogens is 3. The second-order valence-electron chi connectivity index (χ2n) is 5.71. The molecule has 0 spiro atoms. The van der Waals surface area contributed by atoms with E-state index in [1.165, 1.54) is 17.9 Å². The molecule has 5 nitrogen and oxygen atoms in total. The molecule has 0 aliphatic carbocycles. The molecule has 2 aromatic heterocycles. The minimum Gasteiger partial charge on any atom is -0.346 e. The Balaban J connectivity index is 2.11. The third-order valence-electron chi connectivity index (χ3n) is 3.82. The van der Waals surface area contributed by atoms with E-state index in [1.807, 2.05) is 0 Å². The maximum absolute atomic E-state index is 13.4. The first-order valence-corrected chi connectivity index (χ1v) is 7.06. The number of anilines is 1. The number of hydrogen-bond acceptors (Lipinski definition) is 4. The van der Waals surface area contributed by atoms with Gasteiger partial charge in [0, 0.05) is 5.69 Å². The Labute approximate surface area is 130 Å². The smallest absolute Gasteiger partial charge is 0.346 e. The van der Waals surface area contributed by atoms with Crippen molar-refractivity contribution in [2.24, 2.45) is 0 Å². The SMILES string of the molecule is Cc1cc(C)c(C(F)(F)F)c(N2Cc3nc(C)[nH]c(=O)c3C2)n1. The molecule has 122 valence electrons. The number of pyridine rings is 1. The van der Waals surface area contributed by atoms with Crippen molar-refractivity contribution in [3.8, 4) is 0 Å². The number of hydrogen-bond donors (Lipinski definition) is 1. The summed E-state index contributed by atoms with van der Waals surface area (Å²) in [5.41, 5.74) is 0.440. The Morgan fingerprint density at radius 3 is 2.52 bits per heavy atom. The first-order chi connectivity index (χ1) is 10.7. The highest BCUT2D eigenvalue weighted by Gasteiger charge is 2.39. The van der Waals surface area contributed by atoms with Gasteiger partial charge in [-0.2, -0.15) is 13.2 Å². The summed E-state index contributed by atoms with van der Waals surface area (Å²) >= 11 is 0. The second-order valence-corrected chi connectivity index (χ2v) is 5.71. The Bertz CT molecular complexity index is 842. The molecular weight excluding hydrogens is 309 g/mol. The lowest BCUT2D eigenvalue weighted by molar-refractivity contribution is -0.137. The summed E-state index contributed by atoms with van der Waals surface area (Å²) in [7, 11) is 0. The number of aryl methyl sites for hydroxylation is 3. The topological polar surface area (TPSA) is 61.9 Å². The predicted octanol–water partition coefficient (Wildman–Crippen LogP) is 2.63. The lowest BCUT2D eigenvalue weighted by atomic mass is 10.1. The molecule has 1 aliphatic heterocycles. The highest BCUT2D eigenvalue weighted by molar-refractivity contribution is 5.55. The third kappa shape index (κ3) is 2.69. The van der Waals surface area contributed by atoms with Crippen LogP contribution in [0, 0.1) is 20.8 Å². The molecule has 0 saturated heterocycles. The molecule has 1 N–H and O–H groups in total. The number of aromatic amines is 1. The van der Waals surface area contributed by atoms with Gasteiger partial charge in [0.15, 0.2) is 0 Å². The van der Waals surface area contributed by atoms with Gasteiger partial charge in [-0.05, 0) is 32.4 Å². The minimum atomic E-state index is -4.51. The summed E-state index contributed by atoms with van der Waals surface area (Å²) in [5, 5.41) is 0. The van der Waals surface area contributed by atoms with Crippen molar-refractivity contribution in [3.05, 3.63) is 50.3 Å². The molecule has 1 aliphatic rings. The van der Waals surface area contributed by atoms with Gasteiger partial charge in [0.05, 0.1) is 24.3 Å². The van der Waals surface area contributed by atoms with Crippen LogP contribution in [0.1, 0.15) is 33.9 Å². The van der Waals surface area contributed by atoms with Crippen molar-refractivity contribution in [2.45, 2.75) is 40.0 Å². The van der Waals surface area contributed by atoms with Gasteiger partial charge >= 0.3 is 6.18 Å². The number of nitrogens with zero attached hydrogens (tertiary/aromatic N) is 3. The fraction of sp³-hybridized carbons (Fsp3) is 0.400. The van der Waals surface area contributed by atoms with Crippen LogP contribution in [0.25, 0.3) is 0 Å². The molecule has 0 amide bonds. The summed E-state index contributed by atoms with van der Waals surface area (Å²) in [4.78, 5) is 24.3. The number of aromatic nitrogens is 3. The molecule has 3 rings (SSSR count). The van der Waals surface area contributed by atoms with E-state index < -0.39 is 11.7 Å². The van der Waals surface area contributed by atoms with Crippen LogP contribution in [0.4, 0.5) is 19.0 Å². The van der Waals surface area contributed by atoms with E-state index in [2.05, 4.69) is 15.0 Å². The van der Waals surface area contributed by atoms with Crippen molar-refractivity contribution in [3.63, 3.8) is 0 Å². The van der Waals surface area contributed by atoms with Crippen LogP contribution in [0.15, 0.2) is 10.9 Å². The number of H-pyrrole nitrogens is 1. The van der Waals surface area contributed by atoms with E-state index in [0.29, 0.717) is 22.8 Å². The zero-order chi connectivity index (χ0) is 16.9. The van der Waals surface area contributed by atoms with Gasteiger partial charge in [-0.15, -0.1) is 0 Å². The average molecular weight is 324 g/mol. The van der Waals surface area contributed by atoms with Crippen LogP contribution in [-0.2, 0) is 19.3 Å². The third-order valence-corrected chi connectivity index (χ3v) is 3.82. The van der Waals surface area contributed by atoms with Gasteiger partial charge in [0.25, 0.3) is 5.56 Å². The number of fused-ring (bicyclic) bond motifs is 1. The Morgan fingerprint density at radius 1 is 1.17 bits per heavy atom. The van der Waals surface area contributed by atoms with Gasteiger partial charge in [-0.1, -0.05) is 0 Å². The van der Waals surface area contributed by atoms with E-state index in [-0.39, 0.29) is 30.0 Å². The molecule has 8 heteroatoms. The van der Waals surface area contributed by atoms with Crippen LogP contribution in [0.5, 0.6) is 0 Å². The predicted molar refractivity (Wildman–Crippen MR) is 78.2 cm³/mol. The van der Waals surface area contributed by atoms with E-state index in [1.54, 1.807) is 13.8 Å². The molecule has 0 bridgehead atoms. The summed E-state index contributed by atoms with van der Waals surface area (Å²) in [5.74, 6) is 0.296. The maximum atomic E-state index is 13.4. The lowest BCUT2D eigenvalue weighted by Crippen LogP contribution is -2.23. The van der Waals surface area contributed by atoms with Crippen molar-refractivity contribution >= 4 is 5.82 Å². The molecule has 0 radical (unpaired) electrons. The number of nitrogens with one attached hydrogen (secondary N) is 1. The summed E-state index contributed by atoms with van der Waals surface area (Å²) in [6, 6.07) is 1.41. The van der Waals surface area contributed by atoms with Gasteiger partial charge in [-0.3, -0.25) is 4.79 Å². The van der Waals surface area contributed by atoms with E-state index >= 15 is 0 Å². The second kappa shape index (κ2) is 5.07. The maximum Gasteiger partial charge on any atom is 0.420 e. The Hall–Kier alpha value is -2.38. The minimum absolute atomic E-state index is 0.0664. The normalized spacial score (nSPS) is 14.3. The summed E-state index contributed by atoms with van der Waals surface area (Å²) in [6.45, 7) is 4.91. The van der Waals surface area contributed by atoms with Crippen LogP contribution >= 0.6 is 0 Å². The Kier molecular flexibility index (Phi) is 3.42. The molecule has 2 aromatic rings. The summed E-state index contributed by atoms with van der Waals surface area (Å²) < 4.78 is 40.2. The molecule has 3 heterocycles. The standard InChI is InChI=1S/C15H15F3N4O/c1-7-4-8(2)19-13(12(7)15(16,17)18)22-5-10-11(6-22)20-9(3)21-14(10)23/h4H,5-6H2,1-3H3,(H,20,21,23). The fourth-order valence-electron chi connectivity index (χ4n) is 2.94. The van der Waals surface area contributed by atoms with Crippen molar-refractivity contribution in [2.75, 3.05) is 4.90 Å². The zero-order valence-corrected chi connectivity index (χ0v) is 12.9. The van der Waals surface area contributed by atoms with Crippen molar-refractivity contribution in [1.82, 2.24) is 15.0 Å². The van der Waals surface area contributed by atoms with Gasteiger partial charge in [0.2, 0.25) is 0 Å². The van der Waals surface area contributed by atoms with Crippen LogP contribution in [0.3, 0.4) is 0 Å². The molecule has 23 heavy (non-hydrogen) atoms. The van der Waals surface area contributed by atoms with Crippen molar-refractivity contribution in [1.29, 1.82) is 0 Å². The van der Waals surface area contributed by atoms with Gasteiger partial charge in [-0.25, -0.2) is 9.97 Å². The Morgan fingerprint density at radius 2 is 1.87 bits per heavy atom. The van der Waals surface area contributed by atoms with E-state index in [0.717, 1.165) is 0 Å². The number of alkyl halides is 3. The average Bonchev–Trinajstić information content (AvgIpc) is 2.79. The molecule has 0 fully saturated rings. The largest absolute Gasteiger partial charge is 0.420 e. The fourth-order valence-corrected chi connectivity index (χ4v) is 2.94. The highest BCUT2D eigenvalue weighted by atomic mass is 19.4. The first kappa shape index (κ1) is 15.5. The van der Waals surface area contributed by atoms with E-state index in [9.17, 15) is 18.0 Å². The molecule has 0 aromatic carbocycles. The van der Waals surface area contributed by atoms with Gasteiger partial charge < -0.3 is 9.88 Å². The molecular formula is C15H15F3N4O. The summed E-state index contributed by atoms with van der Waals surface area (Å²) in [6.07, 6.45) is -4.51. The molecule has 0 saturated carbocycles. The van der Waals surface area contributed by atoms with Gasteiger partial charge in [0.1, 0.15) is 17.2 Å². The molecule has 0 atom stereocenters. The van der Waals surface area contributed by atoms with Crippen molar-refractivity contribution < 1.29 is 13.2 Å². The van der Waals surface area contributed by atoms with Crippen LogP contribution < -0.4 is 10.5 Å². The van der Waals surface area contributed by atoms with Crippen LogP contribution in [-0.4, -0.2) is 15.0 Å². The quantitative estimate of drug-likeness (QED) is 0.876. The monoisotopic (exact) mass is 324 g/mol. The first-order valence-electron chi connectivity index (χ1n) is 7.06. The number of rotatable bonds is 1. The zero-order valence-electron chi connectivity index (χ0n) is 12.9. The van der Waals surface area contributed by atoms with Crippen LogP contribution in [0.2, 0.25) is 0 Å². The lowest BCUT2D eigenvalue weighted by Gasteiger charge is -2.23. The highest BCUT2D eigenvalue weighted by Crippen LogP contribution is 2.40. The van der Waals surface area contributed by atoms with E-state index in [4.69, 9.17) is 0 Å².